The summed E-state index contributed by atoms with van der Waals surface area (Å²) in [5.41, 5.74) is 0.336. The van der Waals surface area contributed by atoms with Crippen LogP contribution >= 0.6 is 0 Å². The van der Waals surface area contributed by atoms with Crippen molar-refractivity contribution in [1.29, 1.82) is 0 Å². The van der Waals surface area contributed by atoms with Gasteiger partial charge in [-0.05, 0) is 32.0 Å². The Morgan fingerprint density at radius 2 is 2.04 bits per heavy atom. The average molecular weight is 341 g/mol. The van der Waals surface area contributed by atoms with E-state index in [0.717, 1.165) is 0 Å². The molecule has 0 unspecified atom stereocenters. The van der Waals surface area contributed by atoms with Crippen molar-refractivity contribution in [3.63, 3.8) is 0 Å². The van der Waals surface area contributed by atoms with Crippen LogP contribution < -0.4 is 4.74 Å². The van der Waals surface area contributed by atoms with Crippen LogP contribution in [0.3, 0.4) is 0 Å². The van der Waals surface area contributed by atoms with Gasteiger partial charge in [0, 0.05) is 18.7 Å². The largest absolute Gasteiger partial charge is 0.482 e. The number of hydrogen-bond acceptors (Lipinski definition) is 5. The highest BCUT2D eigenvalue weighted by atomic mass is 32.2. The van der Waals surface area contributed by atoms with Gasteiger partial charge in [-0.15, -0.1) is 0 Å². The second-order valence-electron chi connectivity index (χ2n) is 6.02. The van der Waals surface area contributed by atoms with Crippen molar-refractivity contribution >= 4 is 21.7 Å². The quantitative estimate of drug-likeness (QED) is 0.869. The van der Waals surface area contributed by atoms with Crippen LogP contribution in [0.15, 0.2) is 24.3 Å². The molecule has 1 fully saturated rings. The van der Waals surface area contributed by atoms with E-state index in [1.165, 1.54) is 11.0 Å². The zero-order valence-corrected chi connectivity index (χ0v) is 13.8. The fourth-order valence-electron chi connectivity index (χ4n) is 2.36. The van der Waals surface area contributed by atoms with Crippen LogP contribution in [0.25, 0.3) is 0 Å². The SMILES string of the molecule is CC1(C)CN(C(=O)c2cccc(OCC(=O)O)c2)CCS1(=O)=O. The lowest BCUT2D eigenvalue weighted by atomic mass is 10.1. The number of carbonyl (C=O) groups excluding carboxylic acids is 1. The number of nitrogens with zero attached hydrogens (tertiary/aromatic N) is 1. The maximum Gasteiger partial charge on any atom is 0.341 e. The van der Waals surface area contributed by atoms with E-state index in [1.54, 1.807) is 32.0 Å². The predicted molar refractivity (Wildman–Crippen MR) is 83.3 cm³/mol. The average Bonchev–Trinajstić information content (AvgIpc) is 2.47. The number of aliphatic carboxylic acids is 1. The number of amides is 1. The third-order valence-corrected chi connectivity index (χ3v) is 6.31. The summed E-state index contributed by atoms with van der Waals surface area (Å²) in [5.74, 6) is -1.19. The van der Waals surface area contributed by atoms with Gasteiger partial charge in [0.05, 0.1) is 10.5 Å². The molecule has 1 heterocycles. The molecule has 0 aliphatic carbocycles. The van der Waals surface area contributed by atoms with Gasteiger partial charge < -0.3 is 14.7 Å². The fraction of sp³-hybridized carbons (Fsp3) is 0.467. The third kappa shape index (κ3) is 3.82. The van der Waals surface area contributed by atoms with Gasteiger partial charge in [-0.2, -0.15) is 0 Å². The summed E-state index contributed by atoms with van der Waals surface area (Å²) in [4.78, 5) is 24.6. The first kappa shape index (κ1) is 17.3. The van der Waals surface area contributed by atoms with Crippen molar-refractivity contribution < 1.29 is 27.9 Å². The van der Waals surface area contributed by atoms with Gasteiger partial charge in [-0.3, -0.25) is 4.79 Å². The Balaban J connectivity index is 2.15. The van der Waals surface area contributed by atoms with E-state index in [2.05, 4.69) is 0 Å². The summed E-state index contributed by atoms with van der Waals surface area (Å²) in [6.45, 7) is 2.98. The summed E-state index contributed by atoms with van der Waals surface area (Å²) < 4.78 is 28.1. The molecular weight excluding hydrogens is 322 g/mol. The Morgan fingerprint density at radius 3 is 2.65 bits per heavy atom. The molecular formula is C15H19NO6S. The molecule has 0 atom stereocenters. The molecule has 1 amide bonds. The van der Waals surface area contributed by atoms with Crippen molar-refractivity contribution in [2.45, 2.75) is 18.6 Å². The Hall–Kier alpha value is -2.09. The van der Waals surface area contributed by atoms with Crippen molar-refractivity contribution in [2.24, 2.45) is 0 Å². The van der Waals surface area contributed by atoms with Crippen LogP contribution in [0.2, 0.25) is 0 Å². The van der Waals surface area contributed by atoms with E-state index in [0.29, 0.717) is 5.56 Å². The maximum atomic E-state index is 12.5. The minimum absolute atomic E-state index is 0.0685. The van der Waals surface area contributed by atoms with Gasteiger partial charge in [-0.1, -0.05) is 6.07 Å². The molecule has 7 nitrogen and oxygen atoms in total. The third-order valence-electron chi connectivity index (χ3n) is 3.77. The molecule has 1 aromatic carbocycles. The molecule has 0 bridgehead atoms. The van der Waals surface area contributed by atoms with Crippen LogP contribution in [0.4, 0.5) is 0 Å². The molecule has 1 N–H and O–H groups in total. The molecule has 1 aromatic rings. The van der Waals surface area contributed by atoms with Crippen molar-refractivity contribution in [1.82, 2.24) is 4.90 Å². The number of rotatable bonds is 4. The number of sulfone groups is 1. The highest BCUT2D eigenvalue weighted by molar-refractivity contribution is 7.92. The minimum atomic E-state index is -3.22. The van der Waals surface area contributed by atoms with E-state index in [-0.39, 0.29) is 30.5 Å². The molecule has 126 valence electrons. The van der Waals surface area contributed by atoms with Crippen LogP contribution in [-0.4, -0.2) is 60.5 Å². The monoisotopic (exact) mass is 341 g/mol. The maximum absolute atomic E-state index is 12.5. The standard InChI is InChI=1S/C15H19NO6S/c1-15(2)10-16(6-7-23(15,20)21)14(19)11-4-3-5-12(8-11)22-9-13(17)18/h3-5,8H,6-7,9-10H2,1-2H3,(H,17,18). The number of carbonyl (C=O) groups is 2. The van der Waals surface area contributed by atoms with Gasteiger partial charge in [-0.25, -0.2) is 13.2 Å². The summed E-state index contributed by atoms with van der Waals surface area (Å²) in [6.07, 6.45) is 0. The number of carboxylic acids is 1. The Morgan fingerprint density at radius 1 is 1.35 bits per heavy atom. The van der Waals surface area contributed by atoms with Crippen molar-refractivity contribution in [2.75, 3.05) is 25.4 Å². The number of ether oxygens (including phenoxy) is 1. The smallest absolute Gasteiger partial charge is 0.341 e. The first-order valence-electron chi connectivity index (χ1n) is 7.09. The second-order valence-corrected chi connectivity index (χ2v) is 8.76. The predicted octanol–water partition coefficient (Wildman–Crippen LogP) is 0.799. The van der Waals surface area contributed by atoms with Crippen LogP contribution in [-0.2, 0) is 14.6 Å². The lowest BCUT2D eigenvalue weighted by Gasteiger charge is -2.37. The van der Waals surface area contributed by atoms with Gasteiger partial charge in [0.1, 0.15) is 5.75 Å². The zero-order chi connectivity index (χ0) is 17.3. The van der Waals surface area contributed by atoms with Gasteiger partial charge in [0.2, 0.25) is 0 Å². The molecule has 1 aliphatic rings. The first-order chi connectivity index (χ1) is 10.6. The lowest BCUT2D eigenvalue weighted by Crippen LogP contribution is -2.54. The molecule has 8 heteroatoms. The zero-order valence-electron chi connectivity index (χ0n) is 13.0. The molecule has 0 saturated carbocycles. The van der Waals surface area contributed by atoms with E-state index in [9.17, 15) is 18.0 Å². The van der Waals surface area contributed by atoms with E-state index < -0.39 is 27.2 Å². The molecule has 0 radical (unpaired) electrons. The normalized spacial score (nSPS) is 19.1. The summed E-state index contributed by atoms with van der Waals surface area (Å²) in [7, 11) is -3.22. The fourth-order valence-corrected chi connectivity index (χ4v) is 3.73. The number of carboxylic acid groups (broad SMARTS) is 1. The highest BCUT2D eigenvalue weighted by Crippen LogP contribution is 2.25. The van der Waals surface area contributed by atoms with Crippen LogP contribution in [0.1, 0.15) is 24.2 Å². The van der Waals surface area contributed by atoms with Gasteiger partial charge in [0.25, 0.3) is 5.91 Å². The Bertz CT molecular complexity index is 725. The van der Waals surface area contributed by atoms with Gasteiger partial charge >= 0.3 is 5.97 Å². The first-order valence-corrected chi connectivity index (χ1v) is 8.74. The number of benzene rings is 1. The van der Waals surface area contributed by atoms with E-state index >= 15 is 0 Å². The van der Waals surface area contributed by atoms with Gasteiger partial charge in [0.15, 0.2) is 16.4 Å². The van der Waals surface area contributed by atoms with Crippen LogP contribution in [0, 0.1) is 0 Å². The van der Waals surface area contributed by atoms with Crippen LogP contribution in [0.5, 0.6) is 5.75 Å². The Labute approximate surface area is 134 Å². The van der Waals surface area contributed by atoms with Crippen molar-refractivity contribution in [3.8, 4) is 5.75 Å². The molecule has 1 aliphatic heterocycles. The Kier molecular flexibility index (Phi) is 4.65. The van der Waals surface area contributed by atoms with E-state index in [4.69, 9.17) is 9.84 Å². The van der Waals surface area contributed by atoms with E-state index in [1.807, 2.05) is 0 Å². The summed E-state index contributed by atoms with van der Waals surface area (Å²) in [6, 6.07) is 6.20. The highest BCUT2D eigenvalue weighted by Gasteiger charge is 2.41. The topological polar surface area (TPSA) is 101 Å². The number of hydrogen-bond donors (Lipinski definition) is 1. The molecule has 0 spiro atoms. The molecule has 1 saturated heterocycles. The molecule has 23 heavy (non-hydrogen) atoms. The molecule has 2 rings (SSSR count). The molecule has 0 aromatic heterocycles. The minimum Gasteiger partial charge on any atom is -0.482 e. The second kappa shape index (κ2) is 6.19. The summed E-state index contributed by atoms with van der Waals surface area (Å²) in [5, 5.41) is 8.61. The van der Waals surface area contributed by atoms with Crippen molar-refractivity contribution in [3.05, 3.63) is 29.8 Å². The lowest BCUT2D eigenvalue weighted by molar-refractivity contribution is -0.139. The summed E-state index contributed by atoms with van der Waals surface area (Å²) >= 11 is 0.